The molecule has 0 aromatic rings. The van der Waals surface area contributed by atoms with Crippen molar-refractivity contribution in [2.24, 2.45) is 0 Å². The Bertz CT molecular complexity index is 57.4. The van der Waals surface area contributed by atoms with Gasteiger partial charge in [0.2, 0.25) is 0 Å². The van der Waals surface area contributed by atoms with E-state index in [1.165, 1.54) is 0 Å². The van der Waals surface area contributed by atoms with E-state index in [1.807, 2.05) is 6.92 Å². The van der Waals surface area contributed by atoms with Crippen molar-refractivity contribution in [1.29, 1.82) is 0 Å². The average Bonchev–Trinajstić information content (AvgIpc) is 1.67. The predicted molar refractivity (Wildman–Crippen MR) is 39.1 cm³/mol. The van der Waals surface area contributed by atoms with Crippen LogP contribution in [-0.4, -0.2) is 4.87 Å². The van der Waals surface area contributed by atoms with Crippen molar-refractivity contribution in [3.8, 4) is 0 Å². The number of hydrogen-bond acceptors (Lipinski definition) is 0. The third-order valence-corrected chi connectivity index (χ3v) is 1.74. The molecular weight excluding hydrogens is 120 g/mol. The summed E-state index contributed by atoms with van der Waals surface area (Å²) >= 11 is 5.97. The molecule has 49 valence electrons. The monoisotopic (exact) mass is 133 g/mol. The highest BCUT2D eigenvalue weighted by atomic mass is 35.5. The molecule has 0 spiro atoms. The minimum atomic E-state index is -0.0608. The van der Waals surface area contributed by atoms with Crippen LogP contribution >= 0.6 is 11.6 Å². The zero-order valence-corrected chi connectivity index (χ0v) is 6.63. The molecule has 0 saturated heterocycles. The summed E-state index contributed by atoms with van der Waals surface area (Å²) in [7, 11) is 0. The molecule has 0 aliphatic carbocycles. The lowest BCUT2D eigenvalue weighted by molar-refractivity contribution is 0.667. The van der Waals surface area contributed by atoms with Gasteiger partial charge in [0.1, 0.15) is 0 Å². The van der Waals surface area contributed by atoms with Crippen LogP contribution in [0.25, 0.3) is 0 Å². The molecule has 0 N–H and O–H groups in total. The summed E-state index contributed by atoms with van der Waals surface area (Å²) in [6.45, 7) is 6.24. The van der Waals surface area contributed by atoms with Crippen LogP contribution < -0.4 is 0 Å². The van der Waals surface area contributed by atoms with Crippen molar-refractivity contribution in [2.45, 2.75) is 38.5 Å². The Kier molecular flexibility index (Phi) is 3.46. The van der Waals surface area contributed by atoms with Gasteiger partial charge in [0.15, 0.2) is 0 Å². The van der Waals surface area contributed by atoms with Gasteiger partial charge >= 0.3 is 0 Å². The van der Waals surface area contributed by atoms with Gasteiger partial charge in [-0.2, -0.15) is 0 Å². The second-order valence-corrected chi connectivity index (χ2v) is 3.11. The maximum atomic E-state index is 5.97. The smallest absolute Gasteiger partial charge is 0.0447 e. The van der Waals surface area contributed by atoms with Crippen LogP contribution in [0.2, 0.25) is 0 Å². The van der Waals surface area contributed by atoms with E-state index < -0.39 is 0 Å². The molecule has 0 heterocycles. The minimum Gasteiger partial charge on any atom is -0.119 e. The lowest BCUT2D eigenvalue weighted by Crippen LogP contribution is -2.14. The van der Waals surface area contributed by atoms with Gasteiger partial charge < -0.3 is 0 Å². The first kappa shape index (κ1) is 8.29. The summed E-state index contributed by atoms with van der Waals surface area (Å²) < 4.78 is 0. The van der Waals surface area contributed by atoms with Gasteiger partial charge in [0.05, 0.1) is 0 Å². The molecule has 0 aromatic heterocycles. The Morgan fingerprint density at radius 2 is 2.00 bits per heavy atom. The standard InChI is InChI=1S/C7H14Cl/c1-4-6-7(3,8)5-2/h6H,4-5H2,1-3H3. The van der Waals surface area contributed by atoms with E-state index in [-0.39, 0.29) is 4.87 Å². The van der Waals surface area contributed by atoms with Crippen molar-refractivity contribution in [2.75, 3.05) is 0 Å². The second kappa shape index (κ2) is 3.34. The predicted octanol–water partition coefficient (Wildman–Crippen LogP) is 3.01. The first-order chi connectivity index (χ1) is 3.62. The van der Waals surface area contributed by atoms with Crippen molar-refractivity contribution < 1.29 is 0 Å². The summed E-state index contributed by atoms with van der Waals surface area (Å²) in [6, 6.07) is 0. The van der Waals surface area contributed by atoms with E-state index in [0.29, 0.717) is 0 Å². The van der Waals surface area contributed by atoms with Gasteiger partial charge in [-0.3, -0.25) is 0 Å². The fourth-order valence-corrected chi connectivity index (χ4v) is 0.724. The van der Waals surface area contributed by atoms with Gasteiger partial charge in [0, 0.05) is 4.87 Å². The Morgan fingerprint density at radius 3 is 2.12 bits per heavy atom. The zero-order chi connectivity index (χ0) is 6.62. The zero-order valence-electron chi connectivity index (χ0n) is 5.87. The van der Waals surface area contributed by atoms with Crippen LogP contribution in [0.3, 0.4) is 0 Å². The van der Waals surface area contributed by atoms with Crippen LogP contribution in [0.1, 0.15) is 33.6 Å². The molecule has 0 fully saturated rings. The van der Waals surface area contributed by atoms with E-state index >= 15 is 0 Å². The van der Waals surface area contributed by atoms with Crippen LogP contribution in [0.5, 0.6) is 0 Å². The Morgan fingerprint density at radius 1 is 1.50 bits per heavy atom. The summed E-state index contributed by atoms with van der Waals surface area (Å²) in [6.07, 6.45) is 4.21. The average molecular weight is 134 g/mol. The minimum absolute atomic E-state index is 0.0608. The number of rotatable bonds is 3. The Hall–Kier alpha value is 0.290. The summed E-state index contributed by atoms with van der Waals surface area (Å²) in [5.74, 6) is 0. The number of hydrogen-bond donors (Lipinski definition) is 0. The molecule has 0 aliphatic heterocycles. The summed E-state index contributed by atoms with van der Waals surface area (Å²) in [4.78, 5) is -0.0608. The number of alkyl halides is 1. The normalized spacial score (nSPS) is 18.0. The van der Waals surface area contributed by atoms with Crippen LogP contribution in [0.15, 0.2) is 0 Å². The number of halogens is 1. The topological polar surface area (TPSA) is 0 Å². The molecule has 0 bridgehead atoms. The van der Waals surface area contributed by atoms with Crippen LogP contribution in [0, 0.1) is 6.42 Å². The lowest BCUT2D eigenvalue weighted by Gasteiger charge is -2.17. The molecule has 1 unspecified atom stereocenters. The van der Waals surface area contributed by atoms with E-state index in [2.05, 4.69) is 20.3 Å². The summed E-state index contributed by atoms with van der Waals surface area (Å²) in [5, 5.41) is 0. The highest BCUT2D eigenvalue weighted by Gasteiger charge is 2.15. The molecule has 0 aromatic carbocycles. The third kappa shape index (κ3) is 3.31. The SMILES string of the molecule is CC[CH]C(C)(Cl)CC. The lowest BCUT2D eigenvalue weighted by atomic mass is 10.0. The molecule has 0 nitrogen and oxygen atoms in total. The Labute approximate surface area is 57.2 Å². The van der Waals surface area contributed by atoms with E-state index in [0.717, 1.165) is 12.8 Å². The quantitative estimate of drug-likeness (QED) is 0.520. The Balaban J connectivity index is 3.37. The molecule has 8 heavy (non-hydrogen) atoms. The molecular formula is C7H14Cl. The van der Waals surface area contributed by atoms with E-state index in [1.54, 1.807) is 0 Å². The fraction of sp³-hybridized carbons (Fsp3) is 0.857. The largest absolute Gasteiger partial charge is 0.119 e. The highest BCUT2D eigenvalue weighted by Crippen LogP contribution is 2.22. The van der Waals surface area contributed by atoms with Gasteiger partial charge in [-0.15, -0.1) is 11.6 Å². The molecule has 1 heteroatoms. The van der Waals surface area contributed by atoms with Crippen molar-refractivity contribution in [3.63, 3.8) is 0 Å². The molecule has 0 rings (SSSR count). The van der Waals surface area contributed by atoms with Gasteiger partial charge in [0.25, 0.3) is 0 Å². The van der Waals surface area contributed by atoms with Crippen molar-refractivity contribution in [1.82, 2.24) is 0 Å². The van der Waals surface area contributed by atoms with Crippen LogP contribution in [0.4, 0.5) is 0 Å². The molecule has 0 saturated carbocycles. The van der Waals surface area contributed by atoms with Crippen LogP contribution in [-0.2, 0) is 0 Å². The van der Waals surface area contributed by atoms with E-state index in [9.17, 15) is 0 Å². The highest BCUT2D eigenvalue weighted by molar-refractivity contribution is 6.24. The molecule has 1 radical (unpaired) electrons. The fourth-order valence-electron chi connectivity index (χ4n) is 0.570. The third-order valence-electron chi connectivity index (χ3n) is 1.32. The van der Waals surface area contributed by atoms with Gasteiger partial charge in [-0.05, 0) is 19.8 Å². The van der Waals surface area contributed by atoms with Crippen molar-refractivity contribution >= 4 is 11.6 Å². The van der Waals surface area contributed by atoms with Gasteiger partial charge in [-0.1, -0.05) is 20.3 Å². The second-order valence-electron chi connectivity index (χ2n) is 2.24. The molecule has 1 atom stereocenters. The maximum Gasteiger partial charge on any atom is 0.0447 e. The first-order valence-corrected chi connectivity index (χ1v) is 3.53. The maximum absolute atomic E-state index is 5.97. The van der Waals surface area contributed by atoms with Gasteiger partial charge in [-0.25, -0.2) is 0 Å². The molecule has 0 amide bonds. The first-order valence-electron chi connectivity index (χ1n) is 3.15. The summed E-state index contributed by atoms with van der Waals surface area (Å²) in [5.41, 5.74) is 0. The van der Waals surface area contributed by atoms with E-state index in [4.69, 9.17) is 11.6 Å². The van der Waals surface area contributed by atoms with Crippen molar-refractivity contribution in [3.05, 3.63) is 6.42 Å². The molecule has 0 aliphatic rings.